The third kappa shape index (κ3) is 3.33. The van der Waals surface area contributed by atoms with Crippen LogP contribution in [0.4, 0.5) is 0 Å². The Morgan fingerprint density at radius 2 is 2.21 bits per heavy atom. The second-order valence-corrected chi connectivity index (χ2v) is 2.09. The maximum Gasteiger partial charge on any atom is 1.00 e. The molecule has 7 heteroatoms. The number of carbonyl (C=O) groups is 1. The van der Waals surface area contributed by atoms with Crippen LogP contribution in [0.1, 0.15) is 5.76 Å². The van der Waals surface area contributed by atoms with Gasteiger partial charge in [0.1, 0.15) is 11.3 Å². The van der Waals surface area contributed by atoms with E-state index in [2.05, 4.69) is 4.42 Å². The van der Waals surface area contributed by atoms with Gasteiger partial charge in [0.25, 0.3) is 0 Å². The third-order valence-electron chi connectivity index (χ3n) is 1.24. The van der Waals surface area contributed by atoms with Crippen molar-refractivity contribution in [1.82, 2.24) is 0 Å². The summed E-state index contributed by atoms with van der Waals surface area (Å²) in [6.07, 6.45) is 1.54. The summed E-state index contributed by atoms with van der Waals surface area (Å²) in [4.78, 5) is 19.5. The van der Waals surface area contributed by atoms with Crippen molar-refractivity contribution in [2.75, 3.05) is 0 Å². The number of carbonyl (C=O) groups excluding carboxylic acids is 1. The van der Waals surface area contributed by atoms with Crippen LogP contribution in [0, 0.1) is 10.1 Å². The Morgan fingerprint density at radius 1 is 1.57 bits per heavy atom. The average Bonchev–Trinajstić information content (AvgIpc) is 2.50. The van der Waals surface area contributed by atoms with Gasteiger partial charge >= 0.3 is 29.6 Å². The molecule has 0 saturated heterocycles. The summed E-state index contributed by atoms with van der Waals surface area (Å²) < 4.78 is 4.66. The Balaban J connectivity index is 0.00000169. The molecule has 0 N–H and O–H groups in total. The molecule has 0 amide bonds. The Morgan fingerprint density at radius 3 is 2.57 bits per heavy atom. The van der Waals surface area contributed by atoms with Gasteiger partial charge in [-0.3, -0.25) is 10.1 Å². The fourth-order valence-corrected chi connectivity index (χ4v) is 0.754. The summed E-state index contributed by atoms with van der Waals surface area (Å²) in [5.41, 5.74) is -0.588. The second-order valence-electron chi connectivity index (χ2n) is 2.09. The van der Waals surface area contributed by atoms with Crippen LogP contribution in [0.15, 0.2) is 29.0 Å². The minimum Gasteiger partial charge on any atom is -0.544 e. The van der Waals surface area contributed by atoms with Crippen LogP contribution < -0.4 is 34.7 Å². The van der Waals surface area contributed by atoms with Crippen molar-refractivity contribution in [2.45, 2.75) is 0 Å². The number of nitro groups is 1. The maximum absolute atomic E-state index is 10.4. The Labute approximate surface area is 101 Å². The maximum atomic E-state index is 10.4. The van der Waals surface area contributed by atoms with Crippen molar-refractivity contribution < 1.29 is 48.8 Å². The molecule has 1 heterocycles. The number of hydrogen-bond donors (Lipinski definition) is 0. The van der Waals surface area contributed by atoms with Crippen LogP contribution in [0.25, 0.3) is 5.57 Å². The summed E-state index contributed by atoms with van der Waals surface area (Å²) in [5.74, 6) is -1.75. The summed E-state index contributed by atoms with van der Waals surface area (Å²) in [6.45, 7) is 0. The van der Waals surface area contributed by atoms with E-state index in [0.717, 1.165) is 0 Å². The van der Waals surface area contributed by atoms with Crippen LogP contribution in [0.5, 0.6) is 0 Å². The number of carboxylic acids is 1. The van der Waals surface area contributed by atoms with E-state index < -0.39 is 16.5 Å². The fourth-order valence-electron chi connectivity index (χ4n) is 0.754. The van der Waals surface area contributed by atoms with Gasteiger partial charge < -0.3 is 14.3 Å². The number of rotatable bonds is 3. The van der Waals surface area contributed by atoms with Gasteiger partial charge in [-0.15, -0.1) is 0 Å². The normalized spacial score (nSPS) is 10.4. The van der Waals surface area contributed by atoms with Gasteiger partial charge in [-0.05, 0) is 12.1 Å². The molecular weight excluding hydrogens is 201 g/mol. The van der Waals surface area contributed by atoms with E-state index in [9.17, 15) is 20.0 Å². The van der Waals surface area contributed by atoms with Crippen LogP contribution >= 0.6 is 0 Å². The van der Waals surface area contributed by atoms with E-state index in [1.165, 1.54) is 18.4 Å². The van der Waals surface area contributed by atoms with Crippen LogP contribution in [-0.2, 0) is 4.79 Å². The number of nitrogens with zero attached hydrogens (tertiary/aromatic N) is 1. The van der Waals surface area contributed by atoms with E-state index >= 15 is 0 Å². The molecule has 0 aliphatic carbocycles. The van der Waals surface area contributed by atoms with E-state index in [4.69, 9.17) is 0 Å². The van der Waals surface area contributed by atoms with Crippen molar-refractivity contribution in [1.29, 1.82) is 0 Å². The first-order chi connectivity index (χ1) is 6.11. The van der Waals surface area contributed by atoms with Crippen molar-refractivity contribution in [3.63, 3.8) is 0 Å². The van der Waals surface area contributed by atoms with Gasteiger partial charge in [0.2, 0.25) is 6.20 Å². The molecule has 0 aliphatic rings. The molecule has 0 spiro atoms. The molecule has 1 rings (SSSR count). The molecule has 0 bridgehead atoms. The minimum absolute atomic E-state index is 0. The molecule has 0 aromatic carbocycles. The zero-order chi connectivity index (χ0) is 9.84. The Bertz CT molecular complexity index is 356. The smallest absolute Gasteiger partial charge is 0.544 e. The zero-order valence-electron chi connectivity index (χ0n) is 7.30. The molecule has 0 radical (unpaired) electrons. The average molecular weight is 205 g/mol. The number of carboxylic acid groups (broad SMARTS) is 1. The topological polar surface area (TPSA) is 96.4 Å². The molecule has 1 aromatic rings. The SMILES string of the molecule is O=C([O-])C(=C[N+](=O)[O-])c1ccco1.[Na+]. The predicted octanol–water partition coefficient (Wildman–Crippen LogP) is -3.35. The van der Waals surface area contributed by atoms with E-state index in [-0.39, 0.29) is 35.3 Å². The zero-order valence-corrected chi connectivity index (χ0v) is 9.30. The molecule has 1 aromatic heterocycles. The van der Waals surface area contributed by atoms with Gasteiger partial charge in [-0.2, -0.15) is 0 Å². The van der Waals surface area contributed by atoms with Gasteiger partial charge in [0.05, 0.1) is 17.2 Å². The van der Waals surface area contributed by atoms with Crippen molar-refractivity contribution in [3.05, 3.63) is 40.5 Å². The van der Waals surface area contributed by atoms with Crippen LogP contribution in [0.3, 0.4) is 0 Å². The van der Waals surface area contributed by atoms with Crippen LogP contribution in [-0.4, -0.2) is 10.9 Å². The molecule has 0 unspecified atom stereocenters. The second kappa shape index (κ2) is 5.58. The molecule has 6 nitrogen and oxygen atoms in total. The summed E-state index contributed by atoms with van der Waals surface area (Å²) >= 11 is 0. The van der Waals surface area contributed by atoms with Crippen molar-refractivity contribution in [2.24, 2.45) is 0 Å². The minimum atomic E-state index is -1.65. The summed E-state index contributed by atoms with van der Waals surface area (Å²) in [7, 11) is 0. The Kier molecular flexibility index (Phi) is 5.14. The van der Waals surface area contributed by atoms with E-state index in [1.807, 2.05) is 0 Å². The number of aliphatic carboxylic acids is 1. The largest absolute Gasteiger partial charge is 1.00 e. The first kappa shape index (κ1) is 12.9. The van der Waals surface area contributed by atoms with Crippen molar-refractivity contribution >= 4 is 11.5 Å². The predicted molar refractivity (Wildman–Crippen MR) is 38.7 cm³/mol. The first-order valence-electron chi connectivity index (χ1n) is 3.22. The third-order valence-corrected chi connectivity index (χ3v) is 1.24. The van der Waals surface area contributed by atoms with Gasteiger partial charge in [-0.25, -0.2) is 0 Å². The van der Waals surface area contributed by atoms with E-state index in [0.29, 0.717) is 6.20 Å². The van der Waals surface area contributed by atoms with Crippen molar-refractivity contribution in [3.8, 4) is 0 Å². The standard InChI is InChI=1S/C7H5NO5.Na/c9-7(10)5(4-8(11)12)6-2-1-3-13-6;/h1-4H,(H,9,10);/q;+1/p-1. The molecule has 14 heavy (non-hydrogen) atoms. The Hall–Kier alpha value is -1.11. The molecule has 68 valence electrons. The number of hydrogen-bond acceptors (Lipinski definition) is 5. The molecular formula is C7H4NNaO5. The first-order valence-corrected chi connectivity index (χ1v) is 3.22. The summed E-state index contributed by atoms with van der Waals surface area (Å²) in [5, 5.41) is 20.4. The van der Waals surface area contributed by atoms with Gasteiger partial charge in [-0.1, -0.05) is 0 Å². The van der Waals surface area contributed by atoms with E-state index in [1.54, 1.807) is 0 Å². The molecule has 0 atom stereocenters. The molecule has 0 saturated carbocycles. The number of furan rings is 1. The van der Waals surface area contributed by atoms with Crippen LogP contribution in [0.2, 0.25) is 0 Å². The van der Waals surface area contributed by atoms with Gasteiger partial charge in [0.15, 0.2) is 0 Å². The molecule has 0 aliphatic heterocycles. The monoisotopic (exact) mass is 205 g/mol. The fraction of sp³-hybridized carbons (Fsp3) is 0. The summed E-state index contributed by atoms with van der Waals surface area (Å²) in [6, 6.07) is 2.72. The molecule has 0 fully saturated rings. The quantitative estimate of drug-likeness (QED) is 0.222. The van der Waals surface area contributed by atoms with Gasteiger partial charge in [0, 0.05) is 0 Å².